The van der Waals surface area contributed by atoms with Crippen LogP contribution in [0.5, 0.6) is 5.75 Å². The van der Waals surface area contributed by atoms with Gasteiger partial charge >= 0.3 is 0 Å². The molecule has 4 aromatic rings. The molecule has 0 radical (unpaired) electrons. The predicted octanol–water partition coefficient (Wildman–Crippen LogP) is 4.58. The number of para-hydroxylation sites is 1. The summed E-state index contributed by atoms with van der Waals surface area (Å²) in [6.45, 7) is 2.87. The zero-order valence-electron chi connectivity index (χ0n) is 14.4. The Labute approximate surface area is 146 Å². The van der Waals surface area contributed by atoms with Crippen molar-refractivity contribution in [1.29, 1.82) is 0 Å². The molecule has 4 nitrogen and oxygen atoms in total. The largest absolute Gasteiger partial charge is 0.497 e. The van der Waals surface area contributed by atoms with E-state index in [1.807, 2.05) is 24.4 Å². The number of aromatic amines is 1. The molecule has 0 saturated carbocycles. The standard InChI is InChI=1S/C21H21N3O/c1-14(15-6-5-7-17(10-15)25-2)22-12-16-11-19-18-8-3-4-9-20(18)24-21(19)13-23-16/h3-11,13-14,22,24H,12H2,1-2H3. The Balaban J connectivity index is 1.55. The summed E-state index contributed by atoms with van der Waals surface area (Å²) in [6, 6.07) is 18.9. The van der Waals surface area contributed by atoms with Gasteiger partial charge in [0.15, 0.2) is 0 Å². The molecule has 4 heteroatoms. The second kappa shape index (κ2) is 6.57. The van der Waals surface area contributed by atoms with E-state index in [0.717, 1.165) is 22.5 Å². The van der Waals surface area contributed by atoms with Gasteiger partial charge in [-0.3, -0.25) is 4.98 Å². The maximum atomic E-state index is 5.30. The van der Waals surface area contributed by atoms with Crippen LogP contribution in [0.2, 0.25) is 0 Å². The molecule has 0 aliphatic carbocycles. The van der Waals surface area contributed by atoms with Crippen LogP contribution in [0.15, 0.2) is 60.8 Å². The van der Waals surface area contributed by atoms with Crippen molar-refractivity contribution in [3.05, 3.63) is 72.1 Å². The first kappa shape index (κ1) is 15.7. The molecule has 0 aliphatic heterocycles. The average Bonchev–Trinajstić information content (AvgIpc) is 3.04. The lowest BCUT2D eigenvalue weighted by molar-refractivity contribution is 0.413. The predicted molar refractivity (Wildman–Crippen MR) is 102 cm³/mol. The zero-order chi connectivity index (χ0) is 17.2. The highest BCUT2D eigenvalue weighted by Gasteiger charge is 2.09. The maximum Gasteiger partial charge on any atom is 0.119 e. The molecule has 0 saturated heterocycles. The highest BCUT2D eigenvalue weighted by atomic mass is 16.5. The van der Waals surface area contributed by atoms with Gasteiger partial charge in [-0.05, 0) is 36.8 Å². The van der Waals surface area contributed by atoms with E-state index in [9.17, 15) is 0 Å². The van der Waals surface area contributed by atoms with E-state index < -0.39 is 0 Å². The van der Waals surface area contributed by atoms with E-state index in [2.05, 4.69) is 58.6 Å². The molecular formula is C21H21N3O. The second-order valence-electron chi connectivity index (χ2n) is 6.27. The minimum absolute atomic E-state index is 0.218. The summed E-state index contributed by atoms with van der Waals surface area (Å²) in [5.41, 5.74) is 4.46. The van der Waals surface area contributed by atoms with Crippen molar-refractivity contribution in [1.82, 2.24) is 15.3 Å². The van der Waals surface area contributed by atoms with Gasteiger partial charge in [-0.25, -0.2) is 0 Å². The molecule has 2 aromatic heterocycles. The monoisotopic (exact) mass is 331 g/mol. The fraction of sp³-hybridized carbons (Fsp3) is 0.190. The van der Waals surface area contributed by atoms with Gasteiger partial charge in [0.25, 0.3) is 0 Å². The number of benzene rings is 2. The van der Waals surface area contributed by atoms with Crippen LogP contribution in [-0.4, -0.2) is 17.1 Å². The molecule has 2 N–H and O–H groups in total. The van der Waals surface area contributed by atoms with Gasteiger partial charge in [-0.2, -0.15) is 0 Å². The lowest BCUT2D eigenvalue weighted by atomic mass is 10.1. The highest BCUT2D eigenvalue weighted by Crippen LogP contribution is 2.25. The summed E-state index contributed by atoms with van der Waals surface area (Å²) in [6.07, 6.45) is 1.92. The first-order valence-electron chi connectivity index (χ1n) is 8.47. The molecule has 0 bridgehead atoms. The third-order valence-corrected chi connectivity index (χ3v) is 4.63. The third-order valence-electron chi connectivity index (χ3n) is 4.63. The summed E-state index contributed by atoms with van der Waals surface area (Å²) in [5, 5.41) is 6.00. The molecule has 25 heavy (non-hydrogen) atoms. The fourth-order valence-electron chi connectivity index (χ4n) is 3.18. The van der Waals surface area contributed by atoms with E-state index in [0.29, 0.717) is 6.54 Å². The molecule has 1 unspecified atom stereocenters. The van der Waals surface area contributed by atoms with Crippen molar-refractivity contribution >= 4 is 21.8 Å². The quantitative estimate of drug-likeness (QED) is 0.563. The van der Waals surface area contributed by atoms with Gasteiger partial charge in [-0.1, -0.05) is 30.3 Å². The van der Waals surface area contributed by atoms with Crippen LogP contribution in [0.4, 0.5) is 0 Å². The lowest BCUT2D eigenvalue weighted by Gasteiger charge is -2.15. The Morgan fingerprint density at radius 1 is 1.04 bits per heavy atom. The molecule has 2 heterocycles. The normalized spacial score (nSPS) is 12.6. The SMILES string of the molecule is COc1cccc(C(C)NCc2cc3c(cn2)[nH]c2ccccc23)c1. The topological polar surface area (TPSA) is 49.9 Å². The van der Waals surface area contributed by atoms with Crippen molar-refractivity contribution in [2.45, 2.75) is 19.5 Å². The van der Waals surface area contributed by atoms with Crippen LogP contribution in [0.3, 0.4) is 0 Å². The molecule has 0 amide bonds. The molecule has 0 aliphatic rings. The van der Waals surface area contributed by atoms with E-state index in [4.69, 9.17) is 4.74 Å². The van der Waals surface area contributed by atoms with Crippen LogP contribution < -0.4 is 10.1 Å². The number of nitrogens with one attached hydrogen (secondary N) is 2. The van der Waals surface area contributed by atoms with Crippen LogP contribution in [-0.2, 0) is 6.54 Å². The Bertz CT molecular complexity index is 1020. The highest BCUT2D eigenvalue weighted by molar-refractivity contribution is 6.06. The van der Waals surface area contributed by atoms with Crippen molar-refractivity contribution in [2.75, 3.05) is 7.11 Å². The minimum Gasteiger partial charge on any atom is -0.497 e. The molecular weight excluding hydrogens is 310 g/mol. The first-order chi connectivity index (χ1) is 12.2. The van der Waals surface area contributed by atoms with Gasteiger partial charge in [0.2, 0.25) is 0 Å². The van der Waals surface area contributed by atoms with E-state index in [-0.39, 0.29) is 6.04 Å². The molecule has 4 rings (SSSR count). The fourth-order valence-corrected chi connectivity index (χ4v) is 3.18. The van der Waals surface area contributed by atoms with Gasteiger partial charge in [0, 0.05) is 28.9 Å². The number of rotatable bonds is 5. The number of ether oxygens (including phenoxy) is 1. The Hall–Kier alpha value is -2.85. The van der Waals surface area contributed by atoms with E-state index >= 15 is 0 Å². The number of hydrogen-bond donors (Lipinski definition) is 2. The summed E-state index contributed by atoms with van der Waals surface area (Å²) >= 11 is 0. The molecule has 0 fully saturated rings. The van der Waals surface area contributed by atoms with Crippen molar-refractivity contribution in [3.63, 3.8) is 0 Å². The van der Waals surface area contributed by atoms with Gasteiger partial charge in [-0.15, -0.1) is 0 Å². The van der Waals surface area contributed by atoms with E-state index in [1.54, 1.807) is 7.11 Å². The second-order valence-corrected chi connectivity index (χ2v) is 6.27. The van der Waals surface area contributed by atoms with Crippen LogP contribution in [0, 0.1) is 0 Å². The Kier molecular flexibility index (Phi) is 4.12. The first-order valence-corrected chi connectivity index (χ1v) is 8.47. The average molecular weight is 331 g/mol. The number of methoxy groups -OCH3 is 1. The summed E-state index contributed by atoms with van der Waals surface area (Å²) in [4.78, 5) is 7.99. The van der Waals surface area contributed by atoms with Crippen molar-refractivity contribution < 1.29 is 4.74 Å². The summed E-state index contributed by atoms with van der Waals surface area (Å²) < 4.78 is 5.30. The Morgan fingerprint density at radius 3 is 2.80 bits per heavy atom. The molecule has 1 atom stereocenters. The number of hydrogen-bond acceptors (Lipinski definition) is 3. The van der Waals surface area contributed by atoms with Gasteiger partial charge in [0.1, 0.15) is 5.75 Å². The van der Waals surface area contributed by atoms with Crippen molar-refractivity contribution in [3.8, 4) is 5.75 Å². The van der Waals surface area contributed by atoms with Crippen LogP contribution in [0.25, 0.3) is 21.8 Å². The lowest BCUT2D eigenvalue weighted by Crippen LogP contribution is -2.18. The Morgan fingerprint density at radius 2 is 1.92 bits per heavy atom. The number of pyridine rings is 1. The van der Waals surface area contributed by atoms with Gasteiger partial charge < -0.3 is 15.0 Å². The van der Waals surface area contributed by atoms with E-state index in [1.165, 1.54) is 16.3 Å². The van der Waals surface area contributed by atoms with Gasteiger partial charge in [0.05, 0.1) is 24.5 Å². The third kappa shape index (κ3) is 3.08. The summed E-state index contributed by atoms with van der Waals surface area (Å²) in [5.74, 6) is 0.879. The smallest absolute Gasteiger partial charge is 0.119 e. The molecule has 126 valence electrons. The maximum absolute atomic E-state index is 5.30. The summed E-state index contributed by atoms with van der Waals surface area (Å²) in [7, 11) is 1.69. The molecule has 2 aromatic carbocycles. The number of H-pyrrole nitrogens is 1. The zero-order valence-corrected chi connectivity index (χ0v) is 14.4. The van der Waals surface area contributed by atoms with Crippen LogP contribution in [0.1, 0.15) is 24.2 Å². The van der Waals surface area contributed by atoms with Crippen molar-refractivity contribution in [2.24, 2.45) is 0 Å². The number of aromatic nitrogens is 2. The minimum atomic E-state index is 0.218. The molecule has 0 spiro atoms. The number of nitrogens with zero attached hydrogens (tertiary/aromatic N) is 1. The van der Waals surface area contributed by atoms with Crippen LogP contribution >= 0.6 is 0 Å². The number of fused-ring (bicyclic) bond motifs is 3.